The molecule has 0 saturated carbocycles. The van der Waals surface area contributed by atoms with Crippen molar-refractivity contribution < 1.29 is 0 Å². The van der Waals surface area contributed by atoms with Crippen molar-refractivity contribution in [3.63, 3.8) is 0 Å². The predicted octanol–water partition coefficient (Wildman–Crippen LogP) is 21.2. The van der Waals surface area contributed by atoms with Crippen LogP contribution in [0, 0.1) is 13.8 Å². The van der Waals surface area contributed by atoms with Gasteiger partial charge in [-0.05, 0) is 176 Å². The molecule has 0 spiro atoms. The van der Waals surface area contributed by atoms with Gasteiger partial charge in [-0.15, -0.1) is 0 Å². The van der Waals surface area contributed by atoms with Crippen molar-refractivity contribution in [1.82, 2.24) is 4.57 Å². The molecule has 0 atom stereocenters. The first-order chi connectivity index (χ1) is 38.7. The number of benzene rings is 12. The van der Waals surface area contributed by atoms with Crippen LogP contribution < -0.4 is 4.90 Å². The highest BCUT2D eigenvalue weighted by Crippen LogP contribution is 2.50. The highest BCUT2D eigenvalue weighted by atomic mass is 15.1. The van der Waals surface area contributed by atoms with Gasteiger partial charge in [0.25, 0.3) is 0 Å². The Morgan fingerprint density at radius 2 is 0.671 bits per heavy atom. The normalized spacial score (nSPS) is 12.4. The Morgan fingerprint density at radius 3 is 1.29 bits per heavy atom. The quantitative estimate of drug-likeness (QED) is 0.133. The van der Waals surface area contributed by atoms with E-state index in [4.69, 9.17) is 0 Å². The van der Waals surface area contributed by atoms with E-state index in [1.807, 2.05) is 0 Å². The maximum absolute atomic E-state index is 2.43. The number of rotatable bonds is 10. The Balaban J connectivity index is 0.784. The van der Waals surface area contributed by atoms with Crippen LogP contribution in [0.25, 0.3) is 105 Å². The summed E-state index contributed by atoms with van der Waals surface area (Å²) >= 11 is 0. The van der Waals surface area contributed by atoms with Crippen molar-refractivity contribution in [3.8, 4) is 83.6 Å². The average Bonchev–Trinajstić information content (AvgIpc) is 4.16. The van der Waals surface area contributed by atoms with Gasteiger partial charge in [-0.3, -0.25) is 0 Å². The second kappa shape index (κ2) is 19.4. The lowest BCUT2D eigenvalue weighted by Gasteiger charge is -2.26. The van der Waals surface area contributed by atoms with E-state index in [0.717, 1.165) is 28.3 Å². The Labute approximate surface area is 463 Å². The molecule has 14 rings (SSSR count). The third-order valence-corrected chi connectivity index (χ3v) is 16.6. The molecule has 1 heterocycles. The van der Waals surface area contributed by atoms with E-state index < -0.39 is 0 Å². The summed E-state index contributed by atoms with van der Waals surface area (Å²) in [6, 6.07) is 103. The number of aromatic nitrogens is 1. The molecule has 2 heteroatoms. The highest BCUT2D eigenvalue weighted by Gasteiger charge is 2.35. The van der Waals surface area contributed by atoms with Crippen molar-refractivity contribution in [2.75, 3.05) is 4.90 Å². The molecule has 1 aliphatic rings. The SMILES string of the molecule is Cc1ccc(-c2ccc(N(c3ccc(-c4ccc(-c5ccc6c(c5)C(C)(C)c5cc(C)ccc5-6)cc4)cc3)c3ccc(-c4ccc5c6ccccc6n(-c6cccc(-c7cccc(-c8ccccc8)c7)c6)c5c4)cc3)cc2)cc1. The van der Waals surface area contributed by atoms with Gasteiger partial charge in [0, 0.05) is 38.9 Å². The molecule has 0 radical (unpaired) electrons. The van der Waals surface area contributed by atoms with Crippen molar-refractivity contribution in [2.24, 2.45) is 0 Å². The van der Waals surface area contributed by atoms with Crippen LogP contribution in [-0.2, 0) is 5.41 Å². The van der Waals surface area contributed by atoms with Crippen molar-refractivity contribution in [1.29, 1.82) is 0 Å². The summed E-state index contributed by atoms with van der Waals surface area (Å²) in [4.78, 5) is 2.37. The number of fused-ring (bicyclic) bond motifs is 6. The van der Waals surface area contributed by atoms with E-state index in [-0.39, 0.29) is 5.41 Å². The van der Waals surface area contributed by atoms with Crippen LogP contribution in [0.1, 0.15) is 36.1 Å². The maximum atomic E-state index is 2.43. The minimum atomic E-state index is -0.0429. The monoisotopic (exact) mass is 1010 g/mol. The molecule has 0 bridgehead atoms. The molecule has 13 aromatic rings. The fraction of sp³-hybridized carbons (Fsp3) is 0.0649. The molecule has 0 amide bonds. The molecule has 376 valence electrons. The topological polar surface area (TPSA) is 8.17 Å². The lowest BCUT2D eigenvalue weighted by molar-refractivity contribution is 0.660. The molecule has 0 saturated heterocycles. The Morgan fingerprint density at radius 1 is 0.278 bits per heavy atom. The number of para-hydroxylation sites is 1. The molecule has 0 fully saturated rings. The Kier molecular flexibility index (Phi) is 11.7. The fourth-order valence-corrected chi connectivity index (χ4v) is 12.2. The number of anilines is 3. The van der Waals surface area contributed by atoms with Gasteiger partial charge in [0.05, 0.1) is 11.0 Å². The summed E-state index contributed by atoms with van der Waals surface area (Å²) < 4.78 is 2.43. The Hall–Kier alpha value is -9.76. The smallest absolute Gasteiger partial charge is 0.0547 e. The van der Waals surface area contributed by atoms with E-state index in [1.54, 1.807) is 0 Å². The first kappa shape index (κ1) is 47.7. The fourth-order valence-electron chi connectivity index (χ4n) is 12.2. The summed E-state index contributed by atoms with van der Waals surface area (Å²) in [6.45, 7) is 9.05. The van der Waals surface area contributed by atoms with Crippen LogP contribution >= 0.6 is 0 Å². The number of aryl methyl sites for hydroxylation is 2. The minimum Gasteiger partial charge on any atom is -0.311 e. The minimum absolute atomic E-state index is 0.0429. The largest absolute Gasteiger partial charge is 0.311 e. The second-order valence-corrected chi connectivity index (χ2v) is 21.9. The molecule has 0 aliphatic heterocycles. The van der Waals surface area contributed by atoms with Gasteiger partial charge in [-0.2, -0.15) is 0 Å². The van der Waals surface area contributed by atoms with Crippen LogP contribution in [0.5, 0.6) is 0 Å². The number of hydrogen-bond acceptors (Lipinski definition) is 1. The molecule has 1 aromatic heterocycles. The van der Waals surface area contributed by atoms with Crippen LogP contribution in [0.3, 0.4) is 0 Å². The molecule has 12 aromatic carbocycles. The lowest BCUT2D eigenvalue weighted by atomic mass is 9.81. The van der Waals surface area contributed by atoms with Gasteiger partial charge >= 0.3 is 0 Å². The van der Waals surface area contributed by atoms with E-state index in [9.17, 15) is 0 Å². The van der Waals surface area contributed by atoms with Crippen LogP contribution in [0.4, 0.5) is 17.1 Å². The van der Waals surface area contributed by atoms with Crippen molar-refractivity contribution >= 4 is 38.9 Å². The third-order valence-electron chi connectivity index (χ3n) is 16.6. The van der Waals surface area contributed by atoms with Crippen molar-refractivity contribution in [3.05, 3.63) is 301 Å². The lowest BCUT2D eigenvalue weighted by Crippen LogP contribution is -2.15. The van der Waals surface area contributed by atoms with Gasteiger partial charge in [-0.1, -0.05) is 231 Å². The second-order valence-electron chi connectivity index (χ2n) is 21.9. The third kappa shape index (κ3) is 8.63. The van der Waals surface area contributed by atoms with E-state index in [0.29, 0.717) is 0 Å². The highest BCUT2D eigenvalue weighted by molar-refractivity contribution is 6.10. The van der Waals surface area contributed by atoms with E-state index in [2.05, 4.69) is 316 Å². The van der Waals surface area contributed by atoms with Gasteiger partial charge in [0.2, 0.25) is 0 Å². The maximum Gasteiger partial charge on any atom is 0.0547 e. The first-order valence-electron chi connectivity index (χ1n) is 27.5. The average molecular weight is 1010 g/mol. The van der Waals surface area contributed by atoms with E-state index >= 15 is 0 Å². The zero-order valence-corrected chi connectivity index (χ0v) is 45.0. The standard InChI is InChI=1S/C77H58N2/c1-51-20-23-54(24-21-51)56-29-37-65(38-30-56)78(66-39-31-57(32-40-66)55-25-27-58(28-26-55)63-35-44-70-69-43-22-52(2)46-73(69)77(3,4)74(70)49-63)67-41-33-59(34-42-67)64-36-45-72-71-18-8-9-19-75(71)79(76(72)50-64)68-17-11-16-62(48-68)61-15-10-14-60(47-61)53-12-6-5-7-13-53/h5-50H,1-4H3. The summed E-state index contributed by atoms with van der Waals surface area (Å²) in [5.41, 5.74) is 29.2. The van der Waals surface area contributed by atoms with Crippen LogP contribution in [0.2, 0.25) is 0 Å². The van der Waals surface area contributed by atoms with Gasteiger partial charge in [-0.25, -0.2) is 0 Å². The number of nitrogens with zero attached hydrogens (tertiary/aromatic N) is 2. The zero-order valence-electron chi connectivity index (χ0n) is 45.0. The molecular weight excluding hydrogens is 953 g/mol. The zero-order chi connectivity index (χ0) is 53.2. The molecular formula is C77H58N2. The predicted molar refractivity (Wildman–Crippen MR) is 335 cm³/mol. The van der Waals surface area contributed by atoms with Crippen LogP contribution in [-0.4, -0.2) is 4.57 Å². The molecule has 1 aliphatic carbocycles. The molecule has 2 nitrogen and oxygen atoms in total. The summed E-state index contributed by atoms with van der Waals surface area (Å²) in [6.07, 6.45) is 0. The van der Waals surface area contributed by atoms with Gasteiger partial charge < -0.3 is 9.47 Å². The first-order valence-corrected chi connectivity index (χ1v) is 27.5. The summed E-state index contributed by atoms with van der Waals surface area (Å²) in [5.74, 6) is 0. The van der Waals surface area contributed by atoms with E-state index in [1.165, 1.54) is 116 Å². The van der Waals surface area contributed by atoms with Crippen LogP contribution in [0.15, 0.2) is 279 Å². The van der Waals surface area contributed by atoms with Gasteiger partial charge in [0.1, 0.15) is 0 Å². The van der Waals surface area contributed by atoms with Crippen molar-refractivity contribution in [2.45, 2.75) is 33.1 Å². The van der Waals surface area contributed by atoms with Gasteiger partial charge in [0.15, 0.2) is 0 Å². The number of hydrogen-bond donors (Lipinski definition) is 0. The molecule has 0 N–H and O–H groups in total. The molecule has 0 unspecified atom stereocenters. The summed E-state index contributed by atoms with van der Waals surface area (Å²) in [7, 11) is 0. The summed E-state index contributed by atoms with van der Waals surface area (Å²) in [5, 5.41) is 2.47. The Bertz CT molecular complexity index is 4410. The molecule has 79 heavy (non-hydrogen) atoms.